The number of nitriles is 1. The molecule has 0 aromatic carbocycles. The fourth-order valence-electron chi connectivity index (χ4n) is 3.55. The lowest BCUT2D eigenvalue weighted by atomic mass is 9.91. The molecule has 0 unspecified atom stereocenters. The van der Waals surface area contributed by atoms with E-state index in [9.17, 15) is 13.6 Å². The minimum Gasteiger partial charge on any atom is -0.351 e. The van der Waals surface area contributed by atoms with Gasteiger partial charge < -0.3 is 15.6 Å². The Bertz CT molecular complexity index is 1030. The number of aromatic nitrogens is 4. The van der Waals surface area contributed by atoms with Crippen molar-refractivity contribution in [3.05, 3.63) is 30.4 Å². The van der Waals surface area contributed by atoms with Crippen LogP contribution in [0, 0.1) is 17.2 Å². The van der Waals surface area contributed by atoms with Crippen molar-refractivity contribution >= 4 is 22.8 Å². The molecule has 0 saturated carbocycles. The quantitative estimate of drug-likeness (QED) is 0.701. The molecule has 3 aromatic heterocycles. The van der Waals surface area contributed by atoms with Crippen LogP contribution in [0.2, 0.25) is 0 Å². The van der Waals surface area contributed by atoms with Crippen molar-refractivity contribution in [2.75, 3.05) is 13.1 Å². The van der Waals surface area contributed by atoms with E-state index in [1.54, 1.807) is 11.1 Å². The average Bonchev–Trinajstić information content (AvgIpc) is 3.37. The molecule has 2 atom stereocenters. The number of H-pyrrole nitrogens is 1. The van der Waals surface area contributed by atoms with Gasteiger partial charge in [-0.25, -0.2) is 14.8 Å². The molecule has 4 heterocycles. The zero-order valence-corrected chi connectivity index (χ0v) is 15.6. The summed E-state index contributed by atoms with van der Waals surface area (Å²) >= 11 is 0. The minimum atomic E-state index is -3.15. The number of primary amides is 1. The lowest BCUT2D eigenvalue weighted by Gasteiger charge is -2.16. The molecule has 148 valence electrons. The van der Waals surface area contributed by atoms with Gasteiger partial charge in [0.05, 0.1) is 11.7 Å². The van der Waals surface area contributed by atoms with Crippen molar-refractivity contribution in [3.63, 3.8) is 0 Å². The van der Waals surface area contributed by atoms with E-state index in [1.165, 1.54) is 0 Å². The van der Waals surface area contributed by atoms with Crippen LogP contribution < -0.4 is 5.73 Å². The molecule has 1 fully saturated rings. The fraction of sp³-hybridized carbons (Fsp3) is 0.444. The van der Waals surface area contributed by atoms with Crippen LogP contribution in [0.1, 0.15) is 31.9 Å². The van der Waals surface area contributed by atoms with E-state index in [-0.39, 0.29) is 11.9 Å². The minimum absolute atomic E-state index is 0.244. The molecule has 1 aliphatic heterocycles. The molecule has 1 aliphatic rings. The second-order valence-corrected chi connectivity index (χ2v) is 6.86. The van der Waals surface area contributed by atoms with E-state index in [4.69, 9.17) is 11.0 Å². The Balaban J connectivity index is 0.000000330. The fourth-order valence-corrected chi connectivity index (χ4v) is 3.55. The molecule has 8 nitrogen and oxygen atoms in total. The van der Waals surface area contributed by atoms with Crippen LogP contribution in [0.15, 0.2) is 24.7 Å². The highest BCUT2D eigenvalue weighted by Gasteiger charge is 2.36. The lowest BCUT2D eigenvalue weighted by Crippen LogP contribution is -2.33. The van der Waals surface area contributed by atoms with Gasteiger partial charge in [-0.2, -0.15) is 14.0 Å². The van der Waals surface area contributed by atoms with Gasteiger partial charge in [0.25, 0.3) is 0 Å². The Morgan fingerprint density at radius 3 is 2.75 bits per heavy atom. The van der Waals surface area contributed by atoms with E-state index in [1.807, 2.05) is 18.5 Å². The molecule has 3 aromatic rings. The third kappa shape index (κ3) is 3.74. The van der Waals surface area contributed by atoms with Gasteiger partial charge in [-0.1, -0.05) is 13.3 Å². The topological polar surface area (TPSA) is 116 Å². The second-order valence-electron chi connectivity index (χ2n) is 6.86. The molecule has 0 bridgehead atoms. The molecule has 2 amide bonds. The van der Waals surface area contributed by atoms with Gasteiger partial charge in [0, 0.05) is 44.0 Å². The maximum atomic E-state index is 11.5. The number of rotatable bonds is 2. The maximum absolute atomic E-state index is 11.5. The van der Waals surface area contributed by atoms with Crippen molar-refractivity contribution in [1.82, 2.24) is 24.3 Å². The number of aromatic amines is 1. The number of hydrogen-bond donors (Lipinski definition) is 2. The number of nitrogens with two attached hydrogens (primary N) is 1. The van der Waals surface area contributed by atoms with E-state index in [2.05, 4.69) is 26.3 Å². The molecule has 10 heteroatoms. The van der Waals surface area contributed by atoms with E-state index >= 15 is 0 Å². The number of likely N-dealkylation sites (tertiary alicyclic amines) is 1. The number of imidazole rings is 1. The summed E-state index contributed by atoms with van der Waals surface area (Å²) in [4.78, 5) is 25.2. The molecule has 4 rings (SSSR count). The van der Waals surface area contributed by atoms with Crippen molar-refractivity contribution < 1.29 is 13.6 Å². The summed E-state index contributed by atoms with van der Waals surface area (Å²) in [5.74, 6) is -2.51. The van der Waals surface area contributed by atoms with Crippen LogP contribution >= 0.6 is 0 Å². The number of amides is 2. The predicted octanol–water partition coefficient (Wildman–Crippen LogP) is 2.88. The monoisotopic (exact) mass is 389 g/mol. The summed E-state index contributed by atoms with van der Waals surface area (Å²) in [6.07, 6.45) is 6.55. The summed E-state index contributed by atoms with van der Waals surface area (Å²) in [6, 6.07) is 2.43. The summed E-state index contributed by atoms with van der Waals surface area (Å²) in [6.45, 7) is 4.06. The van der Waals surface area contributed by atoms with Gasteiger partial charge in [-0.05, 0) is 12.0 Å². The highest BCUT2D eigenvalue weighted by atomic mass is 19.3. The SMILES string of the molecule is CC(F)(F)C#N.CC[C@@H]1CN(C(N)=O)C[C@@H]1c1cnc2cnc3[nH]ccc3n12. The Labute approximate surface area is 160 Å². The van der Waals surface area contributed by atoms with Crippen LogP contribution in [-0.4, -0.2) is 49.3 Å². The predicted molar refractivity (Wildman–Crippen MR) is 98.8 cm³/mol. The summed E-state index contributed by atoms with van der Waals surface area (Å²) < 4.78 is 24.3. The first kappa shape index (κ1) is 19.5. The van der Waals surface area contributed by atoms with Gasteiger partial charge in [0.15, 0.2) is 11.3 Å². The molecular weight excluding hydrogens is 368 g/mol. The van der Waals surface area contributed by atoms with E-state index in [0.717, 1.165) is 35.0 Å². The first-order chi connectivity index (χ1) is 13.2. The van der Waals surface area contributed by atoms with Gasteiger partial charge >= 0.3 is 12.0 Å². The van der Waals surface area contributed by atoms with Crippen molar-refractivity contribution in [1.29, 1.82) is 5.26 Å². The van der Waals surface area contributed by atoms with Crippen molar-refractivity contribution in [3.8, 4) is 6.07 Å². The molecule has 0 radical (unpaired) electrons. The first-order valence-corrected chi connectivity index (χ1v) is 8.88. The van der Waals surface area contributed by atoms with E-state index < -0.39 is 5.92 Å². The molecule has 28 heavy (non-hydrogen) atoms. The number of carbonyl (C=O) groups excluding carboxylic acids is 1. The van der Waals surface area contributed by atoms with Crippen LogP contribution in [-0.2, 0) is 0 Å². The molecule has 0 aliphatic carbocycles. The van der Waals surface area contributed by atoms with Gasteiger partial charge in [-0.3, -0.25) is 4.40 Å². The lowest BCUT2D eigenvalue weighted by molar-refractivity contribution is 0.0863. The van der Waals surface area contributed by atoms with Gasteiger partial charge in [0.1, 0.15) is 6.07 Å². The number of hydrogen-bond acceptors (Lipinski definition) is 4. The van der Waals surface area contributed by atoms with Crippen LogP contribution in [0.25, 0.3) is 16.8 Å². The molecule has 0 spiro atoms. The largest absolute Gasteiger partial charge is 0.351 e. The standard InChI is InChI=1S/C15H18N6O.C3H3F2N/c1-2-9-7-20(15(16)22)8-10(9)12-5-18-13-6-19-14-11(21(12)13)3-4-17-14;1-3(4,5)2-6/h3-6,9-10,17H,2,7-8H2,1H3,(H2,16,22);1H3/t9-,10+;/m1./s1. The number of nitrogens with zero attached hydrogens (tertiary/aromatic N) is 5. The molecule has 1 saturated heterocycles. The maximum Gasteiger partial charge on any atom is 0.329 e. The van der Waals surface area contributed by atoms with Gasteiger partial charge in [-0.15, -0.1) is 0 Å². The second kappa shape index (κ2) is 7.42. The Morgan fingerprint density at radius 2 is 2.14 bits per heavy atom. The third-order valence-electron chi connectivity index (χ3n) is 4.92. The zero-order valence-electron chi connectivity index (χ0n) is 15.6. The van der Waals surface area contributed by atoms with Crippen molar-refractivity contribution in [2.24, 2.45) is 11.7 Å². The first-order valence-electron chi connectivity index (χ1n) is 8.88. The molecule has 3 N–H and O–H groups in total. The van der Waals surface area contributed by atoms with Crippen molar-refractivity contribution in [2.45, 2.75) is 32.1 Å². The van der Waals surface area contributed by atoms with Crippen LogP contribution in [0.5, 0.6) is 0 Å². The normalized spacial score (nSPS) is 19.5. The third-order valence-corrected chi connectivity index (χ3v) is 4.92. The number of fused-ring (bicyclic) bond motifs is 3. The van der Waals surface area contributed by atoms with E-state index in [0.29, 0.717) is 25.9 Å². The number of nitrogens with one attached hydrogen (secondary N) is 1. The number of urea groups is 1. The molecular formula is C18H21F2N7O. The van der Waals surface area contributed by atoms with Crippen LogP contribution in [0.4, 0.5) is 13.6 Å². The summed E-state index contributed by atoms with van der Waals surface area (Å²) in [7, 11) is 0. The van der Waals surface area contributed by atoms with Crippen LogP contribution in [0.3, 0.4) is 0 Å². The zero-order chi connectivity index (χ0) is 20.5. The number of carbonyl (C=O) groups is 1. The highest BCUT2D eigenvalue weighted by Crippen LogP contribution is 2.35. The smallest absolute Gasteiger partial charge is 0.329 e. The van der Waals surface area contributed by atoms with Gasteiger partial charge in [0.2, 0.25) is 0 Å². The summed E-state index contributed by atoms with van der Waals surface area (Å²) in [5, 5.41) is 7.40. The average molecular weight is 389 g/mol. The summed E-state index contributed by atoms with van der Waals surface area (Å²) in [5.41, 5.74) is 9.27. The number of alkyl halides is 2. The Hall–Kier alpha value is -3.22. The Morgan fingerprint density at radius 1 is 1.43 bits per heavy atom. The highest BCUT2D eigenvalue weighted by molar-refractivity contribution is 5.75. The Kier molecular flexibility index (Phi) is 5.18. The number of halogens is 2.